The van der Waals surface area contributed by atoms with E-state index in [1.54, 1.807) is 0 Å². The monoisotopic (exact) mass is 212 g/mol. The molecule has 88 valence electrons. The molecule has 2 heteroatoms. The van der Waals surface area contributed by atoms with Crippen molar-refractivity contribution in [2.75, 3.05) is 6.61 Å². The molecule has 0 spiro atoms. The van der Waals surface area contributed by atoms with Gasteiger partial charge in [0.05, 0.1) is 12.5 Å². The Kier molecular flexibility index (Phi) is 5.74. The normalized spacial score (nSPS) is 17.3. The van der Waals surface area contributed by atoms with E-state index in [1.165, 1.54) is 25.7 Å². The smallest absolute Gasteiger partial charge is 0.308 e. The number of carbonyl (C=O) groups excluding carboxylic acids is 1. The molecule has 1 aliphatic carbocycles. The second kappa shape index (κ2) is 6.86. The largest absolute Gasteiger partial charge is 0.465 e. The molecule has 0 atom stereocenters. The van der Waals surface area contributed by atoms with E-state index in [-0.39, 0.29) is 11.9 Å². The van der Waals surface area contributed by atoms with Gasteiger partial charge in [-0.25, -0.2) is 0 Å². The molecule has 0 aliphatic heterocycles. The number of esters is 1. The molecule has 1 saturated carbocycles. The Morgan fingerprint density at radius 1 is 1.27 bits per heavy atom. The fraction of sp³-hybridized carbons (Fsp3) is 0.923. The summed E-state index contributed by atoms with van der Waals surface area (Å²) in [6.07, 6.45) is 7.93. The van der Waals surface area contributed by atoms with E-state index in [9.17, 15) is 4.79 Å². The lowest BCUT2D eigenvalue weighted by Gasteiger charge is -2.09. The number of rotatable bonds is 6. The Balaban J connectivity index is 1.97. The molecule has 0 bridgehead atoms. The molecule has 0 aromatic heterocycles. The first-order valence-corrected chi connectivity index (χ1v) is 6.37. The third-order valence-corrected chi connectivity index (χ3v) is 3.11. The van der Waals surface area contributed by atoms with Crippen LogP contribution in [0.25, 0.3) is 0 Å². The summed E-state index contributed by atoms with van der Waals surface area (Å²) in [7, 11) is 0. The second-order valence-corrected chi connectivity index (χ2v) is 5.04. The summed E-state index contributed by atoms with van der Waals surface area (Å²) < 4.78 is 5.27. The lowest BCUT2D eigenvalue weighted by Crippen LogP contribution is -2.15. The molecule has 2 nitrogen and oxygen atoms in total. The van der Waals surface area contributed by atoms with Gasteiger partial charge >= 0.3 is 5.97 Å². The van der Waals surface area contributed by atoms with Crippen LogP contribution in [0, 0.1) is 11.8 Å². The minimum Gasteiger partial charge on any atom is -0.465 e. The van der Waals surface area contributed by atoms with E-state index in [0.717, 1.165) is 25.2 Å². The first-order chi connectivity index (χ1) is 7.20. The first-order valence-electron chi connectivity index (χ1n) is 6.37. The van der Waals surface area contributed by atoms with E-state index in [4.69, 9.17) is 4.74 Å². The molecule has 0 saturated heterocycles. The minimum atomic E-state index is 0.0528. The number of hydrogen-bond donors (Lipinski definition) is 0. The van der Waals surface area contributed by atoms with Crippen LogP contribution >= 0.6 is 0 Å². The van der Waals surface area contributed by atoms with Crippen molar-refractivity contribution in [2.24, 2.45) is 11.8 Å². The Hall–Kier alpha value is -0.530. The summed E-state index contributed by atoms with van der Waals surface area (Å²) >= 11 is 0. The van der Waals surface area contributed by atoms with Crippen molar-refractivity contribution < 1.29 is 9.53 Å². The van der Waals surface area contributed by atoms with Gasteiger partial charge in [-0.15, -0.1) is 0 Å². The van der Waals surface area contributed by atoms with Gasteiger partial charge in [-0.05, 0) is 31.6 Å². The summed E-state index contributed by atoms with van der Waals surface area (Å²) in [5.74, 6) is 1.03. The molecule has 0 unspecified atom stereocenters. The molecule has 0 aromatic carbocycles. The maximum absolute atomic E-state index is 11.5. The van der Waals surface area contributed by atoms with Gasteiger partial charge in [0.1, 0.15) is 0 Å². The van der Waals surface area contributed by atoms with Crippen LogP contribution in [-0.2, 0) is 9.53 Å². The van der Waals surface area contributed by atoms with E-state index < -0.39 is 0 Å². The molecule has 0 radical (unpaired) electrons. The van der Waals surface area contributed by atoms with Crippen molar-refractivity contribution in [1.29, 1.82) is 0 Å². The van der Waals surface area contributed by atoms with Gasteiger partial charge < -0.3 is 4.74 Å². The molecule has 15 heavy (non-hydrogen) atoms. The van der Waals surface area contributed by atoms with E-state index in [2.05, 4.69) is 13.8 Å². The van der Waals surface area contributed by atoms with E-state index in [1.807, 2.05) is 0 Å². The van der Waals surface area contributed by atoms with Gasteiger partial charge in [-0.3, -0.25) is 4.79 Å². The molecule has 0 heterocycles. The second-order valence-electron chi connectivity index (χ2n) is 5.04. The van der Waals surface area contributed by atoms with Gasteiger partial charge in [0.25, 0.3) is 0 Å². The highest BCUT2D eigenvalue weighted by Crippen LogP contribution is 2.25. The van der Waals surface area contributed by atoms with Crippen molar-refractivity contribution in [3.05, 3.63) is 0 Å². The number of ether oxygens (including phenoxy) is 1. The third-order valence-electron chi connectivity index (χ3n) is 3.11. The molecule has 1 aliphatic rings. The summed E-state index contributed by atoms with van der Waals surface area (Å²) in [6, 6.07) is 0. The van der Waals surface area contributed by atoms with Crippen LogP contribution in [-0.4, -0.2) is 12.6 Å². The Labute approximate surface area is 93.4 Å². The molecule has 0 aromatic rings. The molecule has 1 fully saturated rings. The molecular formula is C13H24O2. The fourth-order valence-electron chi connectivity index (χ4n) is 2.11. The predicted octanol–water partition coefficient (Wildman–Crippen LogP) is 3.55. The highest BCUT2D eigenvalue weighted by molar-refractivity contribution is 5.72. The maximum atomic E-state index is 11.5. The minimum absolute atomic E-state index is 0.0528. The topological polar surface area (TPSA) is 26.3 Å². The van der Waals surface area contributed by atoms with Crippen LogP contribution in [0.1, 0.15) is 58.8 Å². The lowest BCUT2D eigenvalue weighted by molar-refractivity contribution is -0.148. The zero-order valence-corrected chi connectivity index (χ0v) is 10.1. The summed E-state index contributed by atoms with van der Waals surface area (Å²) in [5, 5.41) is 0. The van der Waals surface area contributed by atoms with Gasteiger partial charge in [0, 0.05) is 0 Å². The average molecular weight is 212 g/mol. The molecular weight excluding hydrogens is 188 g/mol. The van der Waals surface area contributed by atoms with E-state index in [0.29, 0.717) is 6.61 Å². The SMILES string of the molecule is CC(C)CCCCOC(=O)C1CCCC1. The Bertz CT molecular complexity index is 181. The Morgan fingerprint density at radius 2 is 1.93 bits per heavy atom. The molecule has 0 N–H and O–H groups in total. The highest BCUT2D eigenvalue weighted by atomic mass is 16.5. The van der Waals surface area contributed by atoms with Crippen LogP contribution in [0.2, 0.25) is 0 Å². The van der Waals surface area contributed by atoms with E-state index >= 15 is 0 Å². The Morgan fingerprint density at radius 3 is 2.53 bits per heavy atom. The summed E-state index contributed by atoms with van der Waals surface area (Å²) in [6.45, 7) is 5.08. The highest BCUT2D eigenvalue weighted by Gasteiger charge is 2.23. The van der Waals surface area contributed by atoms with Crippen molar-refractivity contribution in [1.82, 2.24) is 0 Å². The molecule has 0 amide bonds. The van der Waals surface area contributed by atoms with Crippen LogP contribution < -0.4 is 0 Å². The average Bonchev–Trinajstić information content (AvgIpc) is 2.69. The third kappa shape index (κ3) is 5.19. The van der Waals surface area contributed by atoms with Gasteiger partial charge in [0.15, 0.2) is 0 Å². The first kappa shape index (κ1) is 12.5. The maximum Gasteiger partial charge on any atom is 0.308 e. The number of unbranched alkanes of at least 4 members (excludes halogenated alkanes) is 1. The van der Waals surface area contributed by atoms with Crippen molar-refractivity contribution in [3.63, 3.8) is 0 Å². The van der Waals surface area contributed by atoms with Crippen LogP contribution in [0.15, 0.2) is 0 Å². The van der Waals surface area contributed by atoms with Gasteiger partial charge in [-0.2, -0.15) is 0 Å². The zero-order valence-electron chi connectivity index (χ0n) is 10.1. The van der Waals surface area contributed by atoms with Gasteiger partial charge in [0.2, 0.25) is 0 Å². The lowest BCUT2D eigenvalue weighted by atomic mass is 10.1. The summed E-state index contributed by atoms with van der Waals surface area (Å²) in [5.41, 5.74) is 0. The van der Waals surface area contributed by atoms with Gasteiger partial charge in [-0.1, -0.05) is 33.1 Å². The quantitative estimate of drug-likeness (QED) is 0.497. The van der Waals surface area contributed by atoms with Crippen LogP contribution in [0.4, 0.5) is 0 Å². The molecule has 1 rings (SSSR count). The standard InChI is InChI=1S/C13H24O2/c1-11(2)7-5-6-10-15-13(14)12-8-3-4-9-12/h11-12H,3-10H2,1-2H3. The number of hydrogen-bond acceptors (Lipinski definition) is 2. The zero-order chi connectivity index (χ0) is 11.1. The number of carbonyl (C=O) groups is 1. The predicted molar refractivity (Wildman–Crippen MR) is 61.6 cm³/mol. The fourth-order valence-corrected chi connectivity index (χ4v) is 2.11. The van der Waals surface area contributed by atoms with Crippen LogP contribution in [0.3, 0.4) is 0 Å². The van der Waals surface area contributed by atoms with Crippen LogP contribution in [0.5, 0.6) is 0 Å². The van der Waals surface area contributed by atoms with Crippen molar-refractivity contribution in [2.45, 2.75) is 58.8 Å². The van der Waals surface area contributed by atoms with Crippen molar-refractivity contribution in [3.8, 4) is 0 Å². The summed E-state index contributed by atoms with van der Waals surface area (Å²) in [4.78, 5) is 11.5. The van der Waals surface area contributed by atoms with Crippen molar-refractivity contribution >= 4 is 5.97 Å².